The van der Waals surface area contributed by atoms with Gasteiger partial charge in [-0.2, -0.15) is 0 Å². The lowest BCUT2D eigenvalue weighted by molar-refractivity contribution is 0.250. The number of rotatable bonds is 2. The Hall–Kier alpha value is -2.50. The highest BCUT2D eigenvalue weighted by Gasteiger charge is 2.22. The minimum atomic E-state index is -0.366. The fourth-order valence-corrected chi connectivity index (χ4v) is 1.75. The van der Waals surface area contributed by atoms with Gasteiger partial charge in [-0.05, 0) is 19.1 Å². The number of carbonyl (C=O) groups is 1. The lowest BCUT2D eigenvalue weighted by Gasteiger charge is -2.20. The fourth-order valence-electron chi connectivity index (χ4n) is 1.75. The molecule has 0 radical (unpaired) electrons. The lowest BCUT2D eigenvalue weighted by Crippen LogP contribution is -2.36. The van der Waals surface area contributed by atoms with Gasteiger partial charge in [-0.3, -0.25) is 14.8 Å². The van der Waals surface area contributed by atoms with Gasteiger partial charge in [0.1, 0.15) is 5.69 Å². The number of hydrogen-bond acceptors (Lipinski definition) is 2. The highest BCUT2D eigenvalue weighted by Crippen LogP contribution is 2.23. The SMILES string of the molecule is CNC(=O)N(c1ccccc1)c1c(C)[nH][nH]c1=O. The largest absolute Gasteiger partial charge is 0.340 e. The number of aryl methyl sites for hydroxylation is 1. The summed E-state index contributed by atoms with van der Waals surface area (Å²) >= 11 is 0. The molecular formula is C12H14N4O2. The van der Waals surface area contributed by atoms with Crippen molar-refractivity contribution in [1.82, 2.24) is 15.5 Å². The minimum absolute atomic E-state index is 0.292. The molecule has 18 heavy (non-hydrogen) atoms. The highest BCUT2D eigenvalue weighted by atomic mass is 16.2. The molecule has 6 nitrogen and oxygen atoms in total. The second-order valence-electron chi connectivity index (χ2n) is 3.78. The molecule has 0 atom stereocenters. The minimum Gasteiger partial charge on any atom is -0.340 e. The first-order valence-corrected chi connectivity index (χ1v) is 5.49. The predicted octanol–water partition coefficient (Wildman–Crippen LogP) is 1.49. The maximum Gasteiger partial charge on any atom is 0.326 e. The van der Waals surface area contributed by atoms with Crippen molar-refractivity contribution in [3.63, 3.8) is 0 Å². The van der Waals surface area contributed by atoms with Crippen LogP contribution < -0.4 is 15.8 Å². The van der Waals surface area contributed by atoms with Gasteiger partial charge in [0.15, 0.2) is 0 Å². The van der Waals surface area contributed by atoms with Crippen molar-refractivity contribution in [1.29, 1.82) is 0 Å². The van der Waals surface area contributed by atoms with Gasteiger partial charge < -0.3 is 10.4 Å². The molecule has 2 amide bonds. The van der Waals surface area contributed by atoms with E-state index in [1.54, 1.807) is 31.2 Å². The summed E-state index contributed by atoms with van der Waals surface area (Å²) in [7, 11) is 1.52. The van der Waals surface area contributed by atoms with Crippen LogP contribution in [0.25, 0.3) is 0 Å². The Morgan fingerprint density at radius 1 is 1.22 bits per heavy atom. The molecule has 3 N–H and O–H groups in total. The van der Waals surface area contributed by atoms with Crippen LogP contribution in [0.3, 0.4) is 0 Å². The summed E-state index contributed by atoms with van der Waals surface area (Å²) in [6, 6.07) is 8.62. The zero-order valence-electron chi connectivity index (χ0n) is 10.2. The van der Waals surface area contributed by atoms with Crippen LogP contribution in [0, 0.1) is 6.92 Å². The molecule has 2 aromatic rings. The Balaban J connectivity index is 2.58. The zero-order chi connectivity index (χ0) is 13.1. The summed E-state index contributed by atoms with van der Waals surface area (Å²) in [5, 5.41) is 7.70. The first kappa shape index (κ1) is 12.0. The molecule has 94 valence electrons. The number of nitrogens with one attached hydrogen (secondary N) is 3. The Labute approximate surface area is 104 Å². The molecule has 2 rings (SSSR count). The average Bonchev–Trinajstić information content (AvgIpc) is 2.72. The number of carbonyl (C=O) groups excluding carboxylic acids is 1. The summed E-state index contributed by atoms with van der Waals surface area (Å²) in [6.45, 7) is 1.73. The molecule has 0 aliphatic carbocycles. The maximum atomic E-state index is 12.0. The Kier molecular flexibility index (Phi) is 3.18. The second kappa shape index (κ2) is 4.79. The molecule has 0 saturated heterocycles. The van der Waals surface area contributed by atoms with Crippen LogP contribution in [-0.2, 0) is 0 Å². The van der Waals surface area contributed by atoms with E-state index in [9.17, 15) is 9.59 Å². The van der Waals surface area contributed by atoms with E-state index in [0.717, 1.165) is 0 Å². The van der Waals surface area contributed by atoms with Crippen molar-refractivity contribution in [2.45, 2.75) is 6.92 Å². The highest BCUT2D eigenvalue weighted by molar-refractivity contribution is 5.99. The van der Waals surface area contributed by atoms with Crippen molar-refractivity contribution < 1.29 is 4.79 Å². The van der Waals surface area contributed by atoms with Crippen LogP contribution in [0.4, 0.5) is 16.2 Å². The molecule has 0 bridgehead atoms. The Bertz CT molecular complexity index is 600. The van der Waals surface area contributed by atoms with Crippen molar-refractivity contribution in [3.8, 4) is 0 Å². The van der Waals surface area contributed by atoms with Crippen molar-refractivity contribution in [2.75, 3.05) is 11.9 Å². The van der Waals surface area contributed by atoms with Crippen molar-refractivity contribution >= 4 is 17.4 Å². The predicted molar refractivity (Wildman–Crippen MR) is 69.2 cm³/mol. The van der Waals surface area contributed by atoms with E-state index in [1.165, 1.54) is 11.9 Å². The van der Waals surface area contributed by atoms with Crippen LogP contribution in [0.2, 0.25) is 0 Å². The van der Waals surface area contributed by atoms with E-state index in [0.29, 0.717) is 17.1 Å². The maximum absolute atomic E-state index is 12.0. The van der Waals surface area contributed by atoms with Gasteiger partial charge in [0, 0.05) is 7.05 Å². The first-order chi connectivity index (χ1) is 8.65. The molecule has 6 heteroatoms. The topological polar surface area (TPSA) is 81.0 Å². The van der Waals surface area contributed by atoms with Crippen molar-refractivity contribution in [3.05, 3.63) is 46.4 Å². The zero-order valence-corrected chi connectivity index (χ0v) is 10.2. The average molecular weight is 246 g/mol. The molecule has 0 fully saturated rings. The van der Waals surface area contributed by atoms with Gasteiger partial charge in [0.2, 0.25) is 0 Å². The number of amides is 2. The number of urea groups is 1. The summed E-state index contributed by atoms with van der Waals surface area (Å²) in [5.41, 5.74) is 1.19. The van der Waals surface area contributed by atoms with E-state index in [-0.39, 0.29) is 11.6 Å². The van der Waals surface area contributed by atoms with Crippen LogP contribution in [-0.4, -0.2) is 23.3 Å². The molecule has 1 aromatic carbocycles. The van der Waals surface area contributed by atoms with Gasteiger partial charge >= 0.3 is 6.03 Å². The van der Waals surface area contributed by atoms with Crippen LogP contribution >= 0.6 is 0 Å². The first-order valence-electron chi connectivity index (χ1n) is 5.49. The van der Waals surface area contributed by atoms with E-state index in [2.05, 4.69) is 15.5 Å². The number of H-pyrrole nitrogens is 2. The third-order valence-corrected chi connectivity index (χ3v) is 2.59. The lowest BCUT2D eigenvalue weighted by atomic mass is 10.2. The number of para-hydroxylation sites is 1. The van der Waals surface area contributed by atoms with Gasteiger partial charge in [0.05, 0.1) is 11.4 Å². The molecule has 0 unspecified atom stereocenters. The second-order valence-corrected chi connectivity index (χ2v) is 3.78. The van der Waals surface area contributed by atoms with Crippen LogP contribution in [0.15, 0.2) is 35.1 Å². The molecule has 0 aliphatic rings. The molecule has 1 heterocycles. The summed E-state index contributed by atoms with van der Waals surface area (Å²) in [4.78, 5) is 25.1. The molecular weight excluding hydrogens is 232 g/mol. The van der Waals surface area contributed by atoms with Gasteiger partial charge in [-0.1, -0.05) is 18.2 Å². The monoisotopic (exact) mass is 246 g/mol. The number of aromatic nitrogens is 2. The normalized spacial score (nSPS) is 10.1. The summed E-state index contributed by atoms with van der Waals surface area (Å²) < 4.78 is 0. The summed E-state index contributed by atoms with van der Waals surface area (Å²) in [6.07, 6.45) is 0. The third kappa shape index (κ3) is 2.00. The fraction of sp³-hybridized carbons (Fsp3) is 0.167. The van der Waals surface area contributed by atoms with Gasteiger partial charge in [-0.15, -0.1) is 0 Å². The van der Waals surface area contributed by atoms with Gasteiger partial charge in [-0.25, -0.2) is 4.79 Å². The number of aromatic amines is 2. The Morgan fingerprint density at radius 3 is 2.39 bits per heavy atom. The van der Waals surface area contributed by atoms with Crippen LogP contribution in [0.1, 0.15) is 5.69 Å². The number of nitrogens with zero attached hydrogens (tertiary/aromatic N) is 1. The van der Waals surface area contributed by atoms with E-state index >= 15 is 0 Å². The molecule has 0 spiro atoms. The van der Waals surface area contributed by atoms with Crippen molar-refractivity contribution in [2.24, 2.45) is 0 Å². The third-order valence-electron chi connectivity index (χ3n) is 2.59. The van der Waals surface area contributed by atoms with E-state index < -0.39 is 0 Å². The quantitative estimate of drug-likeness (QED) is 0.750. The summed E-state index contributed by atoms with van der Waals surface area (Å²) in [5.74, 6) is 0. The standard InChI is InChI=1S/C12H14N4O2/c1-8-10(11(17)15-14-8)16(12(18)13-2)9-6-4-3-5-7-9/h3-7H,1-2H3,(H,13,18)(H2,14,15,17). The van der Waals surface area contributed by atoms with E-state index in [4.69, 9.17) is 0 Å². The molecule has 0 aliphatic heterocycles. The Morgan fingerprint density at radius 2 is 1.89 bits per heavy atom. The van der Waals surface area contributed by atoms with Gasteiger partial charge in [0.25, 0.3) is 5.56 Å². The molecule has 0 saturated carbocycles. The van der Waals surface area contributed by atoms with E-state index in [1.807, 2.05) is 6.07 Å². The smallest absolute Gasteiger partial charge is 0.326 e. The number of benzene rings is 1. The molecule has 1 aromatic heterocycles. The van der Waals surface area contributed by atoms with Crippen LogP contribution in [0.5, 0.6) is 0 Å². The number of anilines is 2. The number of hydrogen-bond donors (Lipinski definition) is 3.